The fraction of sp³-hybridized carbons (Fsp3) is 0.500. The van der Waals surface area contributed by atoms with Gasteiger partial charge < -0.3 is 24.7 Å². The van der Waals surface area contributed by atoms with Gasteiger partial charge in [-0.2, -0.15) is 0 Å². The number of nitrogens with zero attached hydrogens (tertiary/aromatic N) is 4. The van der Waals surface area contributed by atoms with Crippen molar-refractivity contribution in [1.29, 1.82) is 0 Å². The molecule has 59 heavy (non-hydrogen) atoms. The van der Waals surface area contributed by atoms with Crippen LogP contribution in [0.25, 0.3) is 11.3 Å². The van der Waals surface area contributed by atoms with Crippen molar-refractivity contribution >= 4 is 29.5 Å². The lowest BCUT2D eigenvalue weighted by Gasteiger charge is -2.34. The Kier molecular flexibility index (Phi) is 11.6. The number of aromatic amines is 1. The highest BCUT2D eigenvalue weighted by atomic mass is 16.6. The van der Waals surface area contributed by atoms with E-state index in [1.165, 1.54) is 22.4 Å². The van der Waals surface area contributed by atoms with E-state index in [9.17, 15) is 14.4 Å². The number of H-pyrrole nitrogens is 1. The zero-order chi connectivity index (χ0) is 42.3. The molecule has 0 saturated carbocycles. The number of benzene rings is 3. The van der Waals surface area contributed by atoms with E-state index in [2.05, 4.69) is 96.6 Å². The van der Waals surface area contributed by atoms with Gasteiger partial charge in [0.15, 0.2) is 0 Å². The Morgan fingerprint density at radius 3 is 1.78 bits per heavy atom. The molecule has 3 saturated heterocycles. The van der Waals surface area contributed by atoms with Crippen LogP contribution in [0, 0.1) is 0 Å². The molecule has 314 valence electrons. The Labute approximate surface area is 349 Å². The average Bonchev–Trinajstić information content (AvgIpc) is 4.00. The van der Waals surface area contributed by atoms with Crippen LogP contribution in [0.5, 0.6) is 0 Å². The predicted octanol–water partition coefficient (Wildman–Crippen LogP) is 10.9. The minimum absolute atomic E-state index is 0.0409. The SMILES string of the molecule is CC(C)(C)OC(=O)N1CCC[C@@H]1C(=O)Nc1ccc([C@H]2CC[C@H](c3ccc(-c4cnc([C@@H]5CCCN5C(=O)OC(C)(C)C)[nH]4)cc3)N2c2ccc(C(C)(C)C)cc2)cc1. The third kappa shape index (κ3) is 9.61. The van der Waals surface area contributed by atoms with E-state index in [0.717, 1.165) is 49.2 Å². The van der Waals surface area contributed by atoms with Gasteiger partial charge in [-0.1, -0.05) is 69.3 Å². The zero-order valence-corrected chi connectivity index (χ0v) is 36.3. The van der Waals surface area contributed by atoms with E-state index < -0.39 is 23.3 Å². The highest BCUT2D eigenvalue weighted by molar-refractivity contribution is 5.97. The minimum Gasteiger partial charge on any atom is -0.444 e. The number of rotatable bonds is 7. The van der Waals surface area contributed by atoms with Gasteiger partial charge in [-0.25, -0.2) is 14.6 Å². The van der Waals surface area contributed by atoms with Crippen molar-refractivity contribution in [3.05, 3.63) is 102 Å². The number of aromatic nitrogens is 2. The number of hydrogen-bond donors (Lipinski definition) is 2. The molecule has 11 nitrogen and oxygen atoms in total. The molecule has 0 spiro atoms. The zero-order valence-electron chi connectivity index (χ0n) is 36.3. The van der Waals surface area contributed by atoms with Crippen molar-refractivity contribution in [2.24, 2.45) is 0 Å². The third-order valence-electron chi connectivity index (χ3n) is 11.6. The molecule has 7 rings (SSSR count). The number of ether oxygens (including phenoxy) is 2. The molecular weight excluding hydrogens is 741 g/mol. The van der Waals surface area contributed by atoms with E-state index in [-0.39, 0.29) is 35.5 Å². The summed E-state index contributed by atoms with van der Waals surface area (Å²) in [5.74, 6) is 0.585. The van der Waals surface area contributed by atoms with Crippen molar-refractivity contribution in [1.82, 2.24) is 19.8 Å². The molecule has 0 bridgehead atoms. The normalized spacial score (nSPS) is 21.2. The predicted molar refractivity (Wildman–Crippen MR) is 232 cm³/mol. The summed E-state index contributed by atoms with van der Waals surface area (Å²) in [5, 5.41) is 3.07. The van der Waals surface area contributed by atoms with Gasteiger partial charge in [0.2, 0.25) is 5.91 Å². The lowest BCUT2D eigenvalue weighted by Crippen LogP contribution is -2.45. The smallest absolute Gasteiger partial charge is 0.410 e. The van der Waals surface area contributed by atoms with Crippen LogP contribution in [0.15, 0.2) is 79.0 Å². The molecule has 1 aromatic heterocycles. The number of hydrogen-bond acceptors (Lipinski definition) is 7. The molecule has 3 amide bonds. The molecule has 4 atom stereocenters. The van der Waals surface area contributed by atoms with Crippen molar-refractivity contribution in [3.63, 3.8) is 0 Å². The number of nitrogens with one attached hydrogen (secondary N) is 2. The molecular formula is C48H62N6O5. The van der Waals surface area contributed by atoms with Crippen LogP contribution >= 0.6 is 0 Å². The van der Waals surface area contributed by atoms with Crippen molar-refractivity contribution in [3.8, 4) is 11.3 Å². The number of carbonyl (C=O) groups excluding carboxylic acids is 3. The van der Waals surface area contributed by atoms with Gasteiger partial charge in [-0.15, -0.1) is 0 Å². The summed E-state index contributed by atoms with van der Waals surface area (Å²) in [6, 6.07) is 25.5. The first-order chi connectivity index (χ1) is 27.8. The van der Waals surface area contributed by atoms with Crippen LogP contribution < -0.4 is 10.2 Å². The Balaban J connectivity index is 1.09. The molecule has 3 aromatic carbocycles. The topological polar surface area (TPSA) is 120 Å². The number of imidazole rings is 1. The van der Waals surface area contributed by atoms with Gasteiger partial charge in [0.25, 0.3) is 0 Å². The van der Waals surface area contributed by atoms with Crippen molar-refractivity contribution in [2.45, 2.75) is 142 Å². The summed E-state index contributed by atoms with van der Waals surface area (Å²) >= 11 is 0. The Morgan fingerprint density at radius 1 is 0.661 bits per heavy atom. The van der Waals surface area contributed by atoms with Crippen LogP contribution in [0.2, 0.25) is 0 Å². The third-order valence-corrected chi connectivity index (χ3v) is 11.6. The Hall–Kier alpha value is -5.32. The first kappa shape index (κ1) is 41.8. The van der Waals surface area contributed by atoms with E-state index in [1.54, 1.807) is 9.80 Å². The molecule has 4 heterocycles. The van der Waals surface area contributed by atoms with Crippen LogP contribution in [0.3, 0.4) is 0 Å². The van der Waals surface area contributed by atoms with Gasteiger partial charge in [-0.05, 0) is 132 Å². The van der Waals surface area contributed by atoms with Gasteiger partial charge >= 0.3 is 12.2 Å². The Bertz CT molecular complexity index is 2110. The van der Waals surface area contributed by atoms with Gasteiger partial charge in [0, 0.05) is 24.5 Å². The van der Waals surface area contributed by atoms with Crippen LogP contribution in [-0.2, 0) is 19.7 Å². The lowest BCUT2D eigenvalue weighted by molar-refractivity contribution is -0.120. The molecule has 2 N–H and O–H groups in total. The second-order valence-electron chi connectivity index (χ2n) is 19.4. The molecule has 0 aliphatic carbocycles. The van der Waals surface area contributed by atoms with Crippen molar-refractivity contribution < 1.29 is 23.9 Å². The first-order valence-electron chi connectivity index (χ1n) is 21.3. The van der Waals surface area contributed by atoms with E-state index in [1.807, 2.05) is 59.9 Å². The lowest BCUT2D eigenvalue weighted by atomic mass is 9.87. The molecule has 3 aliphatic heterocycles. The summed E-state index contributed by atoms with van der Waals surface area (Å²) in [7, 11) is 0. The number of likely N-dealkylation sites (tertiary alicyclic amines) is 2. The highest BCUT2D eigenvalue weighted by Crippen LogP contribution is 2.47. The van der Waals surface area contributed by atoms with Crippen LogP contribution in [-0.4, -0.2) is 68.2 Å². The second kappa shape index (κ2) is 16.4. The quantitative estimate of drug-likeness (QED) is 0.191. The molecule has 0 unspecified atom stereocenters. The average molecular weight is 803 g/mol. The monoisotopic (exact) mass is 802 g/mol. The van der Waals surface area contributed by atoms with Gasteiger partial charge in [0.05, 0.1) is 30.0 Å². The first-order valence-corrected chi connectivity index (χ1v) is 21.3. The molecule has 3 aliphatic rings. The van der Waals surface area contributed by atoms with Gasteiger partial charge in [-0.3, -0.25) is 14.6 Å². The summed E-state index contributed by atoms with van der Waals surface area (Å²) < 4.78 is 11.3. The summed E-state index contributed by atoms with van der Waals surface area (Å²) in [6.07, 6.45) is 6.16. The number of carbonyl (C=O) groups is 3. The summed E-state index contributed by atoms with van der Waals surface area (Å²) in [5.41, 5.74) is 6.38. The van der Waals surface area contributed by atoms with Crippen molar-refractivity contribution in [2.75, 3.05) is 23.3 Å². The van der Waals surface area contributed by atoms with Gasteiger partial charge in [0.1, 0.15) is 23.1 Å². The summed E-state index contributed by atoms with van der Waals surface area (Å²) in [6.45, 7) is 19.0. The maximum atomic E-state index is 13.4. The van der Waals surface area contributed by atoms with E-state index in [4.69, 9.17) is 14.5 Å². The molecule has 4 aromatic rings. The van der Waals surface area contributed by atoms with Crippen LogP contribution in [0.1, 0.15) is 141 Å². The summed E-state index contributed by atoms with van der Waals surface area (Å²) in [4.78, 5) is 53.4. The Morgan fingerprint density at radius 2 is 1.20 bits per heavy atom. The van der Waals surface area contributed by atoms with Crippen LogP contribution in [0.4, 0.5) is 21.0 Å². The molecule has 3 fully saturated rings. The molecule has 0 radical (unpaired) electrons. The maximum absolute atomic E-state index is 13.4. The second-order valence-corrected chi connectivity index (χ2v) is 19.4. The number of amides is 3. The standard InChI is InChI=1S/C48H62N6O5/c1-46(2,3)34-20-24-36(25-21-34)54-38(32-16-14-31(15-17-32)37-30-49-42(51-37)40-12-10-28-52(40)44(56)58-47(4,5)6)26-27-39(54)33-18-22-35(23-19-33)50-43(55)41-13-11-29-53(41)45(57)59-48(7,8)9/h14-25,30,38-41H,10-13,26-29H2,1-9H3,(H,49,51)(H,50,55)/t38-,39-,40+,41-/m1/s1. The fourth-order valence-electron chi connectivity index (χ4n) is 8.68. The molecule has 11 heteroatoms. The minimum atomic E-state index is -0.628. The largest absolute Gasteiger partial charge is 0.444 e. The van der Waals surface area contributed by atoms with E-state index >= 15 is 0 Å². The van der Waals surface area contributed by atoms with E-state index in [0.29, 0.717) is 25.2 Å². The maximum Gasteiger partial charge on any atom is 0.410 e. The fourth-order valence-corrected chi connectivity index (χ4v) is 8.68. The highest BCUT2D eigenvalue weighted by Gasteiger charge is 2.39. The number of anilines is 2.